The first kappa shape index (κ1) is 15.0. The lowest BCUT2D eigenvalue weighted by Crippen LogP contribution is -2.09. The monoisotopic (exact) mass is 282 g/mol. The Morgan fingerprint density at radius 1 is 1.05 bits per heavy atom. The molecule has 1 N–H and O–H groups in total. The molecule has 0 amide bonds. The van der Waals surface area contributed by atoms with Crippen molar-refractivity contribution in [2.75, 3.05) is 6.61 Å². The highest BCUT2D eigenvalue weighted by Gasteiger charge is 2.12. The van der Waals surface area contributed by atoms with Crippen LogP contribution in [0.3, 0.4) is 0 Å². The maximum Gasteiger partial charge on any atom is 0.338 e. The molecule has 0 radical (unpaired) electrons. The first-order valence-electron chi connectivity index (χ1n) is 6.81. The highest BCUT2D eigenvalue weighted by Crippen LogP contribution is 2.22. The highest BCUT2D eigenvalue weighted by atomic mass is 16.5. The zero-order valence-corrected chi connectivity index (χ0v) is 11.7. The van der Waals surface area contributed by atoms with E-state index in [9.17, 15) is 9.90 Å². The molecule has 0 bridgehead atoms. The molecular formula is C18H18O3. The van der Waals surface area contributed by atoms with Crippen LogP contribution in [-0.2, 0) is 4.74 Å². The van der Waals surface area contributed by atoms with Gasteiger partial charge >= 0.3 is 5.97 Å². The number of carbonyl (C=O) groups excluding carboxylic acids is 1. The quantitative estimate of drug-likeness (QED) is 0.651. The lowest BCUT2D eigenvalue weighted by molar-refractivity contribution is 0.0502. The van der Waals surface area contributed by atoms with Gasteiger partial charge in [0.2, 0.25) is 0 Å². The Kier molecular flexibility index (Phi) is 5.29. The summed E-state index contributed by atoms with van der Waals surface area (Å²) in [6.45, 7) is 4.06. The fourth-order valence-electron chi connectivity index (χ4n) is 1.94. The number of esters is 1. The van der Waals surface area contributed by atoms with Gasteiger partial charge in [-0.1, -0.05) is 55.1 Å². The summed E-state index contributed by atoms with van der Waals surface area (Å²) in [5, 5.41) is 10.1. The number of hydrogen-bond acceptors (Lipinski definition) is 3. The minimum Gasteiger partial charge on any atom is -0.462 e. The zero-order chi connectivity index (χ0) is 15.1. The third-order valence-corrected chi connectivity index (χ3v) is 3.17. The first-order chi connectivity index (χ1) is 10.2. The van der Waals surface area contributed by atoms with E-state index in [-0.39, 0.29) is 12.6 Å². The van der Waals surface area contributed by atoms with Crippen molar-refractivity contribution < 1.29 is 14.6 Å². The van der Waals surface area contributed by atoms with Crippen LogP contribution in [0.2, 0.25) is 0 Å². The SMILES string of the molecule is C=C(CCOC(=O)c1ccccc1)C(O)c1ccccc1. The van der Waals surface area contributed by atoms with E-state index in [0.717, 1.165) is 5.56 Å². The number of aliphatic hydroxyl groups is 1. The molecule has 0 fully saturated rings. The molecule has 0 heterocycles. The van der Waals surface area contributed by atoms with Crippen molar-refractivity contribution in [3.8, 4) is 0 Å². The Balaban J connectivity index is 1.81. The maximum atomic E-state index is 11.8. The molecule has 2 aromatic rings. The van der Waals surface area contributed by atoms with Crippen molar-refractivity contribution in [2.45, 2.75) is 12.5 Å². The van der Waals surface area contributed by atoms with Gasteiger partial charge in [0.1, 0.15) is 0 Å². The number of benzene rings is 2. The van der Waals surface area contributed by atoms with Crippen LogP contribution in [0, 0.1) is 0 Å². The smallest absolute Gasteiger partial charge is 0.338 e. The van der Waals surface area contributed by atoms with E-state index < -0.39 is 6.10 Å². The summed E-state index contributed by atoms with van der Waals surface area (Å²) in [6, 6.07) is 18.1. The summed E-state index contributed by atoms with van der Waals surface area (Å²) < 4.78 is 5.17. The Bertz CT molecular complexity index is 590. The number of carbonyl (C=O) groups is 1. The van der Waals surface area contributed by atoms with Gasteiger partial charge in [0.15, 0.2) is 0 Å². The van der Waals surface area contributed by atoms with Crippen LogP contribution in [0.5, 0.6) is 0 Å². The van der Waals surface area contributed by atoms with Crippen LogP contribution in [0.25, 0.3) is 0 Å². The highest BCUT2D eigenvalue weighted by molar-refractivity contribution is 5.89. The van der Waals surface area contributed by atoms with Gasteiger partial charge < -0.3 is 9.84 Å². The summed E-state index contributed by atoms with van der Waals surface area (Å²) in [6.07, 6.45) is -0.309. The summed E-state index contributed by atoms with van der Waals surface area (Å²) in [4.78, 5) is 11.8. The molecule has 3 heteroatoms. The van der Waals surface area contributed by atoms with Gasteiger partial charge in [-0.25, -0.2) is 4.79 Å². The number of ether oxygens (including phenoxy) is 1. The summed E-state index contributed by atoms with van der Waals surface area (Å²) in [5.41, 5.74) is 1.94. The number of aliphatic hydroxyl groups excluding tert-OH is 1. The van der Waals surface area contributed by atoms with E-state index in [4.69, 9.17) is 4.74 Å². The summed E-state index contributed by atoms with van der Waals surface area (Å²) >= 11 is 0. The molecule has 1 unspecified atom stereocenters. The second-order valence-electron chi connectivity index (χ2n) is 4.72. The topological polar surface area (TPSA) is 46.5 Å². The molecule has 2 aromatic carbocycles. The lowest BCUT2D eigenvalue weighted by Gasteiger charge is -2.14. The van der Waals surface area contributed by atoms with Crippen LogP contribution in [0.15, 0.2) is 72.8 Å². The normalized spacial score (nSPS) is 11.7. The van der Waals surface area contributed by atoms with Crippen molar-refractivity contribution in [1.82, 2.24) is 0 Å². The Labute approximate surface area is 124 Å². The summed E-state index contributed by atoms with van der Waals surface area (Å²) in [5.74, 6) is -0.363. The van der Waals surface area contributed by atoms with E-state index in [1.165, 1.54) is 0 Å². The molecule has 0 aliphatic heterocycles. The van der Waals surface area contributed by atoms with Crippen molar-refractivity contribution in [3.63, 3.8) is 0 Å². The molecule has 1 atom stereocenters. The van der Waals surface area contributed by atoms with Crippen LogP contribution >= 0.6 is 0 Å². The van der Waals surface area contributed by atoms with Crippen molar-refractivity contribution in [2.24, 2.45) is 0 Å². The van der Waals surface area contributed by atoms with Crippen LogP contribution in [0.4, 0.5) is 0 Å². The van der Waals surface area contributed by atoms with E-state index in [1.807, 2.05) is 36.4 Å². The van der Waals surface area contributed by atoms with Gasteiger partial charge in [0.25, 0.3) is 0 Å². The Morgan fingerprint density at radius 3 is 2.24 bits per heavy atom. The lowest BCUT2D eigenvalue weighted by atomic mass is 10.0. The molecule has 108 valence electrons. The molecule has 0 saturated heterocycles. The zero-order valence-electron chi connectivity index (χ0n) is 11.7. The average molecular weight is 282 g/mol. The molecule has 0 aliphatic carbocycles. The first-order valence-corrected chi connectivity index (χ1v) is 6.81. The van der Waals surface area contributed by atoms with Crippen molar-refractivity contribution in [3.05, 3.63) is 83.9 Å². The van der Waals surface area contributed by atoms with Crippen LogP contribution in [0.1, 0.15) is 28.4 Å². The van der Waals surface area contributed by atoms with E-state index in [2.05, 4.69) is 6.58 Å². The molecule has 0 saturated carbocycles. The predicted octanol–water partition coefficient (Wildman–Crippen LogP) is 3.52. The largest absolute Gasteiger partial charge is 0.462 e. The van der Waals surface area contributed by atoms with Gasteiger partial charge in [-0.3, -0.25) is 0 Å². The third kappa shape index (κ3) is 4.29. The second-order valence-corrected chi connectivity index (χ2v) is 4.72. The fraction of sp³-hybridized carbons (Fsp3) is 0.167. The van der Waals surface area contributed by atoms with E-state index in [1.54, 1.807) is 24.3 Å². The van der Waals surface area contributed by atoms with Crippen LogP contribution < -0.4 is 0 Å². The number of rotatable bonds is 6. The van der Waals surface area contributed by atoms with Crippen molar-refractivity contribution in [1.29, 1.82) is 0 Å². The summed E-state index contributed by atoms with van der Waals surface area (Å²) in [7, 11) is 0. The van der Waals surface area contributed by atoms with Crippen molar-refractivity contribution >= 4 is 5.97 Å². The van der Waals surface area contributed by atoms with E-state index >= 15 is 0 Å². The molecule has 0 aromatic heterocycles. The molecule has 0 spiro atoms. The minimum atomic E-state index is -0.735. The van der Waals surface area contributed by atoms with E-state index in [0.29, 0.717) is 17.6 Å². The Hall–Kier alpha value is -2.39. The Morgan fingerprint density at radius 2 is 1.62 bits per heavy atom. The van der Waals surface area contributed by atoms with Gasteiger partial charge in [-0.2, -0.15) is 0 Å². The molecule has 3 nitrogen and oxygen atoms in total. The van der Waals surface area contributed by atoms with Gasteiger partial charge in [-0.05, 0) is 23.3 Å². The van der Waals surface area contributed by atoms with Gasteiger partial charge in [0, 0.05) is 6.42 Å². The molecule has 2 rings (SSSR count). The number of hydrogen-bond donors (Lipinski definition) is 1. The second kappa shape index (κ2) is 7.41. The minimum absolute atomic E-state index is 0.205. The van der Waals surface area contributed by atoms with Gasteiger partial charge in [0.05, 0.1) is 18.3 Å². The molecule has 21 heavy (non-hydrogen) atoms. The predicted molar refractivity (Wildman–Crippen MR) is 81.9 cm³/mol. The van der Waals surface area contributed by atoms with Crippen LogP contribution in [-0.4, -0.2) is 17.7 Å². The molecular weight excluding hydrogens is 264 g/mol. The fourth-order valence-corrected chi connectivity index (χ4v) is 1.94. The standard InChI is InChI=1S/C18H18O3/c1-14(17(19)15-8-4-2-5-9-15)12-13-21-18(20)16-10-6-3-7-11-16/h2-11,17,19H,1,12-13H2. The maximum absolute atomic E-state index is 11.8. The molecule has 0 aliphatic rings. The third-order valence-electron chi connectivity index (χ3n) is 3.17. The average Bonchev–Trinajstić information content (AvgIpc) is 2.55. The van der Waals surface area contributed by atoms with Gasteiger partial charge in [-0.15, -0.1) is 0 Å².